The van der Waals surface area contributed by atoms with Crippen LogP contribution < -0.4 is 10.0 Å². The summed E-state index contributed by atoms with van der Waals surface area (Å²) in [6, 6.07) is 17.3. The number of nitrogens with zero attached hydrogens (tertiary/aromatic N) is 1. The van der Waals surface area contributed by atoms with Crippen LogP contribution in [0.4, 0.5) is 0 Å². The van der Waals surface area contributed by atoms with Gasteiger partial charge in [-0.3, -0.25) is 14.5 Å². The highest BCUT2D eigenvalue weighted by Gasteiger charge is 2.44. The summed E-state index contributed by atoms with van der Waals surface area (Å²) >= 11 is 0. The number of rotatable bonds is 9. The standard InChI is InChI=1S/C23H27N3O3S/c27-21(25-17-23(14-15-23)18-9-3-1-4-10-18)13-5-2-8-16-24-22-19-11-6-7-12-20(19)30(28,29)26-22/h1,3-4,6-7,9-12H,2,5,8,13-17H2,(H,24,26)(H,25,27). The van der Waals surface area contributed by atoms with Gasteiger partial charge < -0.3 is 5.32 Å². The minimum Gasteiger partial charge on any atom is -0.355 e. The lowest BCUT2D eigenvalue weighted by molar-refractivity contribution is -0.121. The molecule has 0 bridgehead atoms. The van der Waals surface area contributed by atoms with Crippen molar-refractivity contribution in [1.82, 2.24) is 10.0 Å². The first-order chi connectivity index (χ1) is 14.5. The van der Waals surface area contributed by atoms with Crippen molar-refractivity contribution in [2.24, 2.45) is 4.99 Å². The molecule has 158 valence electrons. The molecule has 6 nitrogen and oxygen atoms in total. The summed E-state index contributed by atoms with van der Waals surface area (Å²) in [5.74, 6) is 0.514. The Bertz CT molecular complexity index is 1040. The van der Waals surface area contributed by atoms with Crippen LogP contribution in [0.5, 0.6) is 0 Å². The largest absolute Gasteiger partial charge is 0.355 e. The molecule has 7 heteroatoms. The maximum Gasteiger partial charge on any atom is 0.263 e. The van der Waals surface area contributed by atoms with Gasteiger partial charge in [0.2, 0.25) is 5.91 Å². The summed E-state index contributed by atoms with van der Waals surface area (Å²) in [6.45, 7) is 1.24. The Labute approximate surface area is 177 Å². The van der Waals surface area contributed by atoms with Crippen LogP contribution in [0, 0.1) is 0 Å². The minimum absolute atomic E-state index is 0.0981. The van der Waals surface area contributed by atoms with Crippen molar-refractivity contribution in [1.29, 1.82) is 0 Å². The molecule has 1 amide bonds. The van der Waals surface area contributed by atoms with E-state index in [1.165, 1.54) is 5.56 Å². The molecule has 1 fully saturated rings. The Kier molecular flexibility index (Phi) is 5.90. The van der Waals surface area contributed by atoms with Gasteiger partial charge in [0.1, 0.15) is 5.84 Å². The highest BCUT2D eigenvalue weighted by molar-refractivity contribution is 7.90. The summed E-state index contributed by atoms with van der Waals surface area (Å²) < 4.78 is 26.6. The van der Waals surface area contributed by atoms with Crippen molar-refractivity contribution in [2.75, 3.05) is 13.1 Å². The fraction of sp³-hybridized carbons (Fsp3) is 0.391. The first kappa shape index (κ1) is 20.6. The van der Waals surface area contributed by atoms with E-state index in [0.29, 0.717) is 30.9 Å². The summed E-state index contributed by atoms with van der Waals surface area (Å²) in [5.41, 5.74) is 2.08. The summed E-state index contributed by atoms with van der Waals surface area (Å²) in [7, 11) is -3.48. The molecule has 4 rings (SSSR count). The Balaban J connectivity index is 1.16. The zero-order chi connectivity index (χ0) is 21.0. The topological polar surface area (TPSA) is 87.6 Å². The van der Waals surface area contributed by atoms with Crippen LogP contribution in [-0.4, -0.2) is 33.3 Å². The highest BCUT2D eigenvalue weighted by Crippen LogP contribution is 2.47. The molecule has 2 aromatic rings. The Morgan fingerprint density at radius 2 is 1.73 bits per heavy atom. The van der Waals surface area contributed by atoms with Crippen molar-refractivity contribution >= 4 is 21.8 Å². The third-order valence-electron chi connectivity index (χ3n) is 5.86. The molecule has 2 aliphatic rings. The van der Waals surface area contributed by atoms with Crippen LogP contribution in [0.1, 0.15) is 49.7 Å². The molecule has 2 N–H and O–H groups in total. The molecule has 1 aliphatic carbocycles. The minimum atomic E-state index is -3.48. The molecule has 1 heterocycles. The maximum absolute atomic E-state index is 12.2. The van der Waals surface area contributed by atoms with E-state index in [1.807, 2.05) is 6.07 Å². The lowest BCUT2D eigenvalue weighted by Crippen LogP contribution is -2.32. The number of fused-ring (bicyclic) bond motifs is 1. The van der Waals surface area contributed by atoms with Crippen molar-refractivity contribution in [3.05, 3.63) is 65.7 Å². The molecule has 0 radical (unpaired) electrons. The number of aliphatic imine (C=N–C) groups is 1. The van der Waals surface area contributed by atoms with Crippen molar-refractivity contribution in [2.45, 2.75) is 48.8 Å². The summed E-state index contributed by atoms with van der Waals surface area (Å²) in [6.07, 6.45) is 5.26. The third-order valence-corrected chi connectivity index (χ3v) is 7.26. The molecule has 0 saturated heterocycles. The van der Waals surface area contributed by atoms with Gasteiger partial charge in [0.25, 0.3) is 10.0 Å². The first-order valence-electron chi connectivity index (χ1n) is 10.5. The Morgan fingerprint density at radius 3 is 2.50 bits per heavy atom. The van der Waals surface area contributed by atoms with Crippen LogP contribution in [0.15, 0.2) is 64.5 Å². The van der Waals surface area contributed by atoms with Crippen LogP contribution >= 0.6 is 0 Å². The second-order valence-electron chi connectivity index (χ2n) is 8.07. The second-order valence-corrected chi connectivity index (χ2v) is 9.72. The zero-order valence-electron chi connectivity index (χ0n) is 16.9. The number of hydrogen-bond donors (Lipinski definition) is 2. The SMILES string of the molecule is O=C(CCCCCN=C1NS(=O)(=O)c2ccccc21)NCC1(c2ccccc2)CC1. The van der Waals surface area contributed by atoms with Gasteiger partial charge >= 0.3 is 0 Å². The number of unbranched alkanes of at least 4 members (excludes halogenated alkanes) is 2. The van der Waals surface area contributed by atoms with E-state index >= 15 is 0 Å². The van der Waals surface area contributed by atoms with Crippen LogP contribution in [0.2, 0.25) is 0 Å². The number of sulfonamides is 1. The normalized spacial score (nSPS) is 19.1. The van der Waals surface area contributed by atoms with E-state index in [0.717, 1.165) is 32.1 Å². The molecule has 0 spiro atoms. The van der Waals surface area contributed by atoms with Crippen molar-refractivity contribution in [3.8, 4) is 0 Å². The third kappa shape index (κ3) is 4.56. The number of hydrogen-bond acceptors (Lipinski definition) is 4. The monoisotopic (exact) mass is 425 g/mol. The maximum atomic E-state index is 12.2. The van der Waals surface area contributed by atoms with E-state index < -0.39 is 10.0 Å². The average molecular weight is 426 g/mol. The predicted octanol–water partition coefficient (Wildman–Crippen LogP) is 3.13. The highest BCUT2D eigenvalue weighted by atomic mass is 32.2. The quantitative estimate of drug-likeness (QED) is 0.605. The Hall–Kier alpha value is -2.67. The van der Waals surface area contributed by atoms with Gasteiger partial charge in [-0.2, -0.15) is 0 Å². The second kappa shape index (κ2) is 8.60. The van der Waals surface area contributed by atoms with Gasteiger partial charge in [0.05, 0.1) is 4.90 Å². The van der Waals surface area contributed by atoms with Crippen molar-refractivity contribution in [3.63, 3.8) is 0 Å². The van der Waals surface area contributed by atoms with E-state index in [2.05, 4.69) is 39.3 Å². The predicted molar refractivity (Wildman–Crippen MR) is 117 cm³/mol. The van der Waals surface area contributed by atoms with Crippen molar-refractivity contribution < 1.29 is 13.2 Å². The average Bonchev–Trinajstić information content (AvgIpc) is 3.51. The number of carbonyl (C=O) groups is 1. The molecule has 0 atom stereocenters. The molecule has 1 aliphatic heterocycles. The summed E-state index contributed by atoms with van der Waals surface area (Å²) in [5, 5.41) is 3.10. The lowest BCUT2D eigenvalue weighted by atomic mass is 9.96. The molecular weight excluding hydrogens is 398 g/mol. The first-order valence-corrected chi connectivity index (χ1v) is 12.0. The molecule has 0 unspecified atom stereocenters. The van der Waals surface area contributed by atoms with Gasteiger partial charge in [0, 0.05) is 30.5 Å². The van der Waals surface area contributed by atoms with Gasteiger partial charge in [-0.1, -0.05) is 48.9 Å². The smallest absolute Gasteiger partial charge is 0.263 e. The number of amidine groups is 1. The molecule has 2 aromatic carbocycles. The number of nitrogens with one attached hydrogen (secondary N) is 2. The van der Waals surface area contributed by atoms with Crippen LogP contribution in [0.25, 0.3) is 0 Å². The van der Waals surface area contributed by atoms with Gasteiger partial charge in [-0.05, 0) is 43.4 Å². The van der Waals surface area contributed by atoms with E-state index in [9.17, 15) is 13.2 Å². The fourth-order valence-corrected chi connectivity index (χ4v) is 5.13. The van der Waals surface area contributed by atoms with Crippen LogP contribution in [-0.2, 0) is 20.2 Å². The number of amides is 1. The molecular formula is C23H27N3O3S. The number of benzene rings is 2. The van der Waals surface area contributed by atoms with Gasteiger partial charge in [0.15, 0.2) is 0 Å². The summed E-state index contributed by atoms with van der Waals surface area (Å²) in [4.78, 5) is 16.9. The van der Waals surface area contributed by atoms with Crippen LogP contribution in [0.3, 0.4) is 0 Å². The fourth-order valence-electron chi connectivity index (χ4n) is 3.88. The Morgan fingerprint density at radius 1 is 1.00 bits per heavy atom. The zero-order valence-corrected chi connectivity index (χ0v) is 17.7. The molecule has 30 heavy (non-hydrogen) atoms. The van der Waals surface area contributed by atoms with Gasteiger partial charge in [-0.25, -0.2) is 8.42 Å². The lowest BCUT2D eigenvalue weighted by Gasteiger charge is -2.16. The van der Waals surface area contributed by atoms with E-state index in [4.69, 9.17) is 0 Å². The van der Waals surface area contributed by atoms with E-state index in [-0.39, 0.29) is 16.2 Å². The molecule has 1 saturated carbocycles. The molecule has 0 aromatic heterocycles. The number of carbonyl (C=O) groups excluding carboxylic acids is 1. The van der Waals surface area contributed by atoms with E-state index in [1.54, 1.807) is 24.3 Å². The van der Waals surface area contributed by atoms with Gasteiger partial charge in [-0.15, -0.1) is 0 Å².